The molecule has 88 valence electrons. The Balaban J connectivity index is 1.92. The van der Waals surface area contributed by atoms with Gasteiger partial charge in [0, 0.05) is 18.9 Å². The average molecular weight is 219 g/mol. The maximum Gasteiger partial charge on any atom is 0.126 e. The van der Waals surface area contributed by atoms with E-state index < -0.39 is 0 Å². The number of nitrogen functional groups attached to an aromatic ring is 1. The third-order valence-corrected chi connectivity index (χ3v) is 4.41. The van der Waals surface area contributed by atoms with E-state index in [4.69, 9.17) is 10.7 Å². The molecule has 2 N–H and O–H groups in total. The fourth-order valence-corrected chi connectivity index (χ4v) is 3.08. The molecule has 0 amide bonds. The normalized spacial score (nSPS) is 22.6. The molecule has 1 aromatic rings. The second-order valence-electron chi connectivity index (χ2n) is 5.41. The van der Waals surface area contributed by atoms with E-state index in [0.29, 0.717) is 11.8 Å². The van der Waals surface area contributed by atoms with Crippen LogP contribution in [0, 0.1) is 0 Å². The molecule has 0 aromatic carbocycles. The fraction of sp³-hybridized carbons (Fsp3) is 0.769. The molecule has 2 saturated carbocycles. The van der Waals surface area contributed by atoms with Crippen molar-refractivity contribution in [2.75, 3.05) is 5.73 Å². The minimum absolute atomic E-state index is 0.654. The van der Waals surface area contributed by atoms with Gasteiger partial charge < -0.3 is 10.3 Å². The molecular formula is C13H21N3. The first kappa shape index (κ1) is 10.2. The zero-order valence-corrected chi connectivity index (χ0v) is 10.1. The van der Waals surface area contributed by atoms with E-state index in [1.165, 1.54) is 56.5 Å². The summed E-state index contributed by atoms with van der Waals surface area (Å²) in [5.41, 5.74) is 7.37. The lowest BCUT2D eigenvalue weighted by Crippen LogP contribution is -2.11. The van der Waals surface area contributed by atoms with Crippen molar-refractivity contribution >= 4 is 5.82 Å². The Morgan fingerprint density at radius 1 is 1.06 bits per heavy atom. The average Bonchev–Trinajstić information content (AvgIpc) is 2.79. The minimum atomic E-state index is 0.654. The highest BCUT2D eigenvalue weighted by atomic mass is 15.1. The molecule has 0 bridgehead atoms. The van der Waals surface area contributed by atoms with Crippen molar-refractivity contribution in [2.45, 2.75) is 56.8 Å². The maximum atomic E-state index is 6.18. The molecule has 2 fully saturated rings. The smallest absolute Gasteiger partial charge is 0.126 e. The summed E-state index contributed by atoms with van der Waals surface area (Å²) in [5, 5.41) is 0. The van der Waals surface area contributed by atoms with Crippen LogP contribution in [-0.2, 0) is 7.05 Å². The highest BCUT2D eigenvalue weighted by Crippen LogP contribution is 2.41. The Labute approximate surface area is 97.0 Å². The van der Waals surface area contributed by atoms with E-state index in [2.05, 4.69) is 11.6 Å². The lowest BCUT2D eigenvalue weighted by Gasteiger charge is -2.23. The molecule has 0 spiro atoms. The maximum absolute atomic E-state index is 6.18. The molecular weight excluding hydrogens is 198 g/mol. The van der Waals surface area contributed by atoms with Crippen molar-refractivity contribution in [3.05, 3.63) is 11.5 Å². The quantitative estimate of drug-likeness (QED) is 0.831. The van der Waals surface area contributed by atoms with Gasteiger partial charge in [-0.2, -0.15) is 0 Å². The van der Waals surface area contributed by atoms with Crippen molar-refractivity contribution < 1.29 is 0 Å². The molecule has 3 heteroatoms. The van der Waals surface area contributed by atoms with Crippen LogP contribution in [0.2, 0.25) is 0 Å². The van der Waals surface area contributed by atoms with Crippen LogP contribution in [0.25, 0.3) is 0 Å². The number of nitrogens with zero attached hydrogens (tertiary/aromatic N) is 2. The van der Waals surface area contributed by atoms with Gasteiger partial charge >= 0.3 is 0 Å². The predicted octanol–water partition coefficient (Wildman–Crippen LogP) is 2.93. The summed E-state index contributed by atoms with van der Waals surface area (Å²) in [6, 6.07) is 0. The Morgan fingerprint density at radius 3 is 2.25 bits per heavy atom. The van der Waals surface area contributed by atoms with E-state index in [1.807, 2.05) is 0 Å². The summed E-state index contributed by atoms with van der Waals surface area (Å²) in [6.07, 6.45) is 9.23. The molecule has 0 aliphatic heterocycles. The van der Waals surface area contributed by atoms with Crippen molar-refractivity contribution in [3.8, 4) is 0 Å². The summed E-state index contributed by atoms with van der Waals surface area (Å²) in [4.78, 5) is 4.85. The number of aromatic nitrogens is 2. The van der Waals surface area contributed by atoms with Gasteiger partial charge in [-0.05, 0) is 25.7 Å². The topological polar surface area (TPSA) is 43.8 Å². The Kier molecular flexibility index (Phi) is 2.41. The highest BCUT2D eigenvalue weighted by molar-refractivity contribution is 5.41. The SMILES string of the molecule is Cn1c(C2CCCC2)nc(C2CCC2)c1N. The molecule has 3 nitrogen and oxygen atoms in total. The van der Waals surface area contributed by atoms with Crippen LogP contribution in [0.1, 0.15) is 68.3 Å². The summed E-state index contributed by atoms with van der Waals surface area (Å²) in [6.45, 7) is 0. The second-order valence-corrected chi connectivity index (χ2v) is 5.41. The molecule has 1 aromatic heterocycles. The molecule has 0 saturated heterocycles. The number of anilines is 1. The zero-order chi connectivity index (χ0) is 11.1. The largest absolute Gasteiger partial charge is 0.384 e. The van der Waals surface area contributed by atoms with Crippen molar-refractivity contribution in [1.29, 1.82) is 0 Å². The van der Waals surface area contributed by atoms with Gasteiger partial charge in [0.2, 0.25) is 0 Å². The van der Waals surface area contributed by atoms with Crippen molar-refractivity contribution in [3.63, 3.8) is 0 Å². The Hall–Kier alpha value is -0.990. The van der Waals surface area contributed by atoms with Gasteiger partial charge in [0.25, 0.3) is 0 Å². The van der Waals surface area contributed by atoms with Gasteiger partial charge in [-0.3, -0.25) is 0 Å². The molecule has 0 atom stereocenters. The standard InChI is InChI=1S/C13H21N3/c1-16-12(14)11(9-7-4-8-9)15-13(16)10-5-2-3-6-10/h9-10H,2-8,14H2,1H3. The molecule has 3 rings (SSSR count). The van der Waals surface area contributed by atoms with Crippen molar-refractivity contribution in [2.24, 2.45) is 7.05 Å². The lowest BCUT2D eigenvalue weighted by molar-refractivity contribution is 0.412. The van der Waals surface area contributed by atoms with E-state index in [0.717, 1.165) is 5.82 Å². The van der Waals surface area contributed by atoms with Gasteiger partial charge in [-0.15, -0.1) is 0 Å². The van der Waals surface area contributed by atoms with E-state index in [1.54, 1.807) is 0 Å². The zero-order valence-electron chi connectivity index (χ0n) is 10.1. The summed E-state index contributed by atoms with van der Waals surface area (Å²) in [5.74, 6) is 3.49. The summed E-state index contributed by atoms with van der Waals surface area (Å²) in [7, 11) is 2.08. The van der Waals surface area contributed by atoms with Crippen LogP contribution in [0.5, 0.6) is 0 Å². The molecule has 0 radical (unpaired) electrons. The second kappa shape index (κ2) is 3.79. The highest BCUT2D eigenvalue weighted by Gasteiger charge is 2.29. The van der Waals surface area contributed by atoms with Gasteiger partial charge in [0.05, 0.1) is 5.69 Å². The lowest BCUT2D eigenvalue weighted by atomic mass is 9.83. The van der Waals surface area contributed by atoms with Gasteiger partial charge in [0.1, 0.15) is 11.6 Å². The molecule has 2 aliphatic rings. The van der Waals surface area contributed by atoms with Crippen LogP contribution >= 0.6 is 0 Å². The van der Waals surface area contributed by atoms with E-state index >= 15 is 0 Å². The first-order chi connectivity index (χ1) is 7.77. The molecule has 0 unspecified atom stereocenters. The van der Waals surface area contributed by atoms with E-state index in [-0.39, 0.29) is 0 Å². The number of rotatable bonds is 2. The van der Waals surface area contributed by atoms with Crippen molar-refractivity contribution in [1.82, 2.24) is 9.55 Å². The number of hydrogen-bond donors (Lipinski definition) is 1. The predicted molar refractivity (Wildman–Crippen MR) is 65.4 cm³/mol. The third-order valence-electron chi connectivity index (χ3n) is 4.41. The number of nitrogens with two attached hydrogens (primary N) is 1. The molecule has 2 aliphatic carbocycles. The fourth-order valence-electron chi connectivity index (χ4n) is 3.08. The molecule has 16 heavy (non-hydrogen) atoms. The summed E-state index contributed by atoms with van der Waals surface area (Å²) >= 11 is 0. The van der Waals surface area contributed by atoms with Gasteiger partial charge in [-0.25, -0.2) is 4.98 Å². The van der Waals surface area contributed by atoms with Crippen LogP contribution < -0.4 is 5.73 Å². The van der Waals surface area contributed by atoms with E-state index in [9.17, 15) is 0 Å². The number of hydrogen-bond acceptors (Lipinski definition) is 2. The number of imidazole rings is 1. The first-order valence-corrected chi connectivity index (χ1v) is 6.59. The van der Waals surface area contributed by atoms with Crippen LogP contribution in [-0.4, -0.2) is 9.55 Å². The molecule has 1 heterocycles. The van der Waals surface area contributed by atoms with Crippen LogP contribution in [0.3, 0.4) is 0 Å². The van der Waals surface area contributed by atoms with Crippen LogP contribution in [0.4, 0.5) is 5.82 Å². The van der Waals surface area contributed by atoms with Gasteiger partial charge in [0.15, 0.2) is 0 Å². The van der Waals surface area contributed by atoms with Gasteiger partial charge in [-0.1, -0.05) is 19.3 Å². The first-order valence-electron chi connectivity index (χ1n) is 6.59. The minimum Gasteiger partial charge on any atom is -0.384 e. The Morgan fingerprint density at radius 2 is 1.69 bits per heavy atom. The monoisotopic (exact) mass is 219 g/mol. The Bertz CT molecular complexity index is 384. The third kappa shape index (κ3) is 1.45. The van der Waals surface area contributed by atoms with Crippen LogP contribution in [0.15, 0.2) is 0 Å². The summed E-state index contributed by atoms with van der Waals surface area (Å²) < 4.78 is 2.14.